The number of hydrogen-bond acceptors (Lipinski definition) is 6. The third-order valence-electron chi connectivity index (χ3n) is 5.74. The van der Waals surface area contributed by atoms with Crippen LogP contribution in [0, 0.1) is 6.92 Å². The van der Waals surface area contributed by atoms with Crippen molar-refractivity contribution in [2.75, 3.05) is 16.4 Å². The number of benzene rings is 2. The zero-order valence-electron chi connectivity index (χ0n) is 19.3. The molecule has 0 saturated heterocycles. The molecule has 168 valence electrons. The molecule has 0 saturated carbocycles. The van der Waals surface area contributed by atoms with Crippen LogP contribution in [-0.2, 0) is 12.8 Å². The second kappa shape index (κ2) is 9.46. The average Bonchev–Trinajstić information content (AvgIpc) is 3.26. The lowest BCUT2D eigenvalue weighted by Gasteiger charge is -2.16. The largest absolute Gasteiger partial charge is 0.382 e. The lowest BCUT2D eigenvalue weighted by molar-refractivity contribution is 1.08. The Morgan fingerprint density at radius 2 is 1.70 bits per heavy atom. The van der Waals surface area contributed by atoms with E-state index in [4.69, 9.17) is 5.73 Å². The smallest absolute Gasteiger partial charge is 0.144 e. The van der Waals surface area contributed by atoms with E-state index in [1.165, 1.54) is 28.8 Å². The number of nitrogens with zero attached hydrogens (tertiary/aromatic N) is 2. The second-order valence-electron chi connectivity index (χ2n) is 8.07. The number of aryl methyl sites for hydroxylation is 3. The van der Waals surface area contributed by atoms with Crippen LogP contribution in [0.1, 0.15) is 41.7 Å². The molecular formula is C27H29N5S. The first-order valence-electron chi connectivity index (χ1n) is 11.0. The minimum absolute atomic E-state index is 0.489. The molecule has 0 aliphatic rings. The molecule has 0 atom stereocenters. The van der Waals surface area contributed by atoms with E-state index in [1.807, 2.05) is 5.38 Å². The lowest BCUT2D eigenvalue weighted by Crippen LogP contribution is -2.03. The molecule has 5 nitrogen and oxygen atoms in total. The molecule has 2 aromatic carbocycles. The minimum Gasteiger partial charge on any atom is -0.382 e. The summed E-state index contributed by atoms with van der Waals surface area (Å²) in [4.78, 5) is 8.47. The highest BCUT2D eigenvalue weighted by molar-refractivity contribution is 7.18. The third kappa shape index (κ3) is 4.76. The normalized spacial score (nSPS) is 10.9. The van der Waals surface area contributed by atoms with E-state index in [2.05, 4.69) is 90.9 Å². The molecule has 2 aromatic heterocycles. The molecule has 4 N–H and O–H groups in total. The highest BCUT2D eigenvalue weighted by Crippen LogP contribution is 2.33. The van der Waals surface area contributed by atoms with E-state index in [0.29, 0.717) is 5.82 Å². The first kappa shape index (κ1) is 22.6. The highest BCUT2D eigenvalue weighted by Gasteiger charge is 2.13. The van der Waals surface area contributed by atoms with Crippen LogP contribution >= 0.6 is 11.3 Å². The van der Waals surface area contributed by atoms with E-state index in [1.54, 1.807) is 0 Å². The molecule has 0 aliphatic heterocycles. The van der Waals surface area contributed by atoms with Gasteiger partial charge in [0.1, 0.15) is 12.1 Å². The first-order chi connectivity index (χ1) is 15.9. The summed E-state index contributed by atoms with van der Waals surface area (Å²) in [5, 5.41) is 8.94. The zero-order chi connectivity index (χ0) is 23.5. The molecule has 33 heavy (non-hydrogen) atoms. The summed E-state index contributed by atoms with van der Waals surface area (Å²) in [7, 11) is 0. The van der Waals surface area contributed by atoms with E-state index in [0.717, 1.165) is 62.5 Å². The summed E-state index contributed by atoms with van der Waals surface area (Å²) in [6, 6.07) is 12.9. The van der Waals surface area contributed by atoms with E-state index >= 15 is 0 Å². The van der Waals surface area contributed by atoms with Gasteiger partial charge < -0.3 is 16.4 Å². The van der Waals surface area contributed by atoms with E-state index in [9.17, 15) is 0 Å². The molecule has 4 aromatic rings. The molecule has 2 heterocycles. The lowest BCUT2D eigenvalue weighted by atomic mass is 10.0. The van der Waals surface area contributed by atoms with Crippen molar-refractivity contribution in [3.05, 3.63) is 89.1 Å². The van der Waals surface area contributed by atoms with Crippen LogP contribution in [0.5, 0.6) is 0 Å². The molecule has 0 radical (unpaired) electrons. The maximum absolute atomic E-state index is 5.99. The van der Waals surface area contributed by atoms with Gasteiger partial charge in [-0.1, -0.05) is 39.1 Å². The first-order valence-corrected chi connectivity index (χ1v) is 11.9. The summed E-state index contributed by atoms with van der Waals surface area (Å²) >= 11 is 1.52. The van der Waals surface area contributed by atoms with Crippen molar-refractivity contribution in [2.45, 2.75) is 33.6 Å². The van der Waals surface area contributed by atoms with Gasteiger partial charge in [-0.15, -0.1) is 11.3 Å². The SMILES string of the molecule is C=C(Nc1ccc(C)c(NC(=C)c2csc3c(N)ncnc23)c1)c1cc(CC)cc(CC)c1. The number of hydrogen-bond donors (Lipinski definition) is 3. The third-order valence-corrected chi connectivity index (χ3v) is 6.73. The van der Waals surface area contributed by atoms with Crippen molar-refractivity contribution < 1.29 is 0 Å². The van der Waals surface area contributed by atoms with Crippen molar-refractivity contribution in [3.63, 3.8) is 0 Å². The fourth-order valence-electron chi connectivity index (χ4n) is 3.74. The summed E-state index contributed by atoms with van der Waals surface area (Å²) < 4.78 is 0.875. The monoisotopic (exact) mass is 455 g/mol. The molecule has 0 unspecified atom stereocenters. The van der Waals surface area contributed by atoms with Gasteiger partial charge in [-0.25, -0.2) is 9.97 Å². The van der Waals surface area contributed by atoms with Crippen molar-refractivity contribution in [3.8, 4) is 0 Å². The fraction of sp³-hybridized carbons (Fsp3) is 0.185. The van der Waals surface area contributed by atoms with Crippen LogP contribution in [0.2, 0.25) is 0 Å². The molecule has 4 rings (SSSR count). The Bertz CT molecular complexity index is 1330. The number of nitrogens with one attached hydrogen (secondary N) is 2. The molecule has 0 amide bonds. The highest BCUT2D eigenvalue weighted by atomic mass is 32.1. The van der Waals surface area contributed by atoms with Gasteiger partial charge in [0.15, 0.2) is 0 Å². The second-order valence-corrected chi connectivity index (χ2v) is 8.95. The van der Waals surface area contributed by atoms with Crippen molar-refractivity contribution in [1.82, 2.24) is 9.97 Å². The van der Waals surface area contributed by atoms with Crippen LogP contribution in [0.25, 0.3) is 21.6 Å². The van der Waals surface area contributed by atoms with Crippen LogP contribution in [0.15, 0.2) is 61.3 Å². The summed E-state index contributed by atoms with van der Waals surface area (Å²) in [6.45, 7) is 15.0. The maximum Gasteiger partial charge on any atom is 0.144 e. The number of aromatic nitrogens is 2. The minimum atomic E-state index is 0.489. The number of nitrogen functional groups attached to an aromatic ring is 1. The van der Waals surface area contributed by atoms with Gasteiger partial charge in [-0.2, -0.15) is 0 Å². The van der Waals surface area contributed by atoms with Gasteiger partial charge in [0.2, 0.25) is 0 Å². The number of anilines is 3. The molecule has 6 heteroatoms. The van der Waals surface area contributed by atoms with Crippen LogP contribution < -0.4 is 16.4 Å². The van der Waals surface area contributed by atoms with Crippen molar-refractivity contribution in [2.24, 2.45) is 0 Å². The Labute approximate surface area is 199 Å². The van der Waals surface area contributed by atoms with Crippen LogP contribution in [-0.4, -0.2) is 9.97 Å². The van der Waals surface area contributed by atoms with Gasteiger partial charge >= 0.3 is 0 Å². The van der Waals surface area contributed by atoms with Gasteiger partial charge in [0.05, 0.1) is 10.2 Å². The molecular weight excluding hydrogens is 426 g/mol. The van der Waals surface area contributed by atoms with Crippen molar-refractivity contribution >= 4 is 50.1 Å². The number of nitrogens with two attached hydrogens (primary N) is 1. The van der Waals surface area contributed by atoms with Gasteiger partial charge in [-0.05, 0) is 66.3 Å². The van der Waals surface area contributed by atoms with E-state index < -0.39 is 0 Å². The quantitative estimate of drug-likeness (QED) is 0.270. The molecule has 0 spiro atoms. The van der Waals surface area contributed by atoms with Gasteiger partial charge in [-0.3, -0.25) is 0 Å². The van der Waals surface area contributed by atoms with E-state index in [-0.39, 0.29) is 0 Å². The fourth-order valence-corrected chi connectivity index (χ4v) is 4.68. The van der Waals surface area contributed by atoms with Gasteiger partial charge in [0, 0.05) is 33.7 Å². The predicted octanol–water partition coefficient (Wildman–Crippen LogP) is 6.87. The average molecular weight is 456 g/mol. The van der Waals surface area contributed by atoms with Gasteiger partial charge in [0.25, 0.3) is 0 Å². The number of rotatable bonds is 8. The maximum atomic E-state index is 5.99. The number of fused-ring (bicyclic) bond motifs is 1. The van der Waals surface area contributed by atoms with Crippen molar-refractivity contribution in [1.29, 1.82) is 0 Å². The standard InChI is InChI=1S/C27H29N5S/c1-6-19-10-20(7-2)12-21(11-19)17(4)31-22-9-8-16(3)24(13-22)32-18(5)23-14-33-26-25(23)29-15-30-27(26)28/h8-15,31-32H,4-7H2,1-3H3,(H2,28,29,30). The summed E-state index contributed by atoms with van der Waals surface area (Å²) in [5.74, 6) is 0.489. The summed E-state index contributed by atoms with van der Waals surface area (Å²) in [5.41, 5.74) is 16.2. The Kier molecular flexibility index (Phi) is 6.47. The Balaban J connectivity index is 1.56. The Morgan fingerprint density at radius 1 is 0.970 bits per heavy atom. The van der Waals surface area contributed by atoms with Crippen LogP contribution in [0.3, 0.4) is 0 Å². The number of thiophene rings is 1. The predicted molar refractivity (Wildman–Crippen MR) is 144 cm³/mol. The van der Waals surface area contributed by atoms with Crippen LogP contribution in [0.4, 0.5) is 17.2 Å². The zero-order valence-corrected chi connectivity index (χ0v) is 20.1. The molecule has 0 fully saturated rings. The Hall–Kier alpha value is -3.64. The topological polar surface area (TPSA) is 75.9 Å². The summed E-state index contributed by atoms with van der Waals surface area (Å²) in [6.07, 6.45) is 3.49. The molecule has 0 aliphatic carbocycles. The molecule has 0 bridgehead atoms. The Morgan fingerprint density at radius 3 is 2.39 bits per heavy atom.